The molecule has 0 aliphatic carbocycles. The van der Waals surface area contributed by atoms with Gasteiger partial charge in [0.25, 0.3) is 5.91 Å². The summed E-state index contributed by atoms with van der Waals surface area (Å²) in [6, 6.07) is 7.25. The molecule has 1 aromatic carbocycles. The summed E-state index contributed by atoms with van der Waals surface area (Å²) in [6.07, 6.45) is 0. The highest BCUT2D eigenvalue weighted by Crippen LogP contribution is 2.21. The maximum absolute atomic E-state index is 12.3. The molecule has 5 heteroatoms. The highest BCUT2D eigenvalue weighted by atomic mass is 16.5. The van der Waals surface area contributed by atoms with Crippen LogP contribution in [0.1, 0.15) is 6.92 Å². The normalized spacial score (nSPS) is 23.9. The molecule has 0 saturated carbocycles. The number of anilines is 1. The van der Waals surface area contributed by atoms with E-state index in [-0.39, 0.29) is 5.91 Å². The molecule has 104 valence electrons. The van der Waals surface area contributed by atoms with E-state index in [4.69, 9.17) is 9.47 Å². The number of nitrogens with zero attached hydrogens (tertiary/aromatic N) is 1. The van der Waals surface area contributed by atoms with Crippen LogP contribution in [-0.4, -0.2) is 50.3 Å². The van der Waals surface area contributed by atoms with Crippen LogP contribution >= 0.6 is 0 Å². The van der Waals surface area contributed by atoms with Crippen molar-refractivity contribution in [3.63, 3.8) is 0 Å². The summed E-state index contributed by atoms with van der Waals surface area (Å²) in [7, 11) is 3.60. The number of rotatable bonds is 3. The van der Waals surface area contributed by atoms with Crippen LogP contribution in [-0.2, 0) is 9.53 Å². The number of morpholine rings is 1. The fourth-order valence-corrected chi connectivity index (χ4v) is 2.14. The van der Waals surface area contributed by atoms with Gasteiger partial charge in [-0.1, -0.05) is 0 Å². The zero-order chi connectivity index (χ0) is 13.9. The Labute approximate surface area is 113 Å². The standard InChI is InChI=1S/C14H20N2O3/c1-14(10-16(2)8-9-19-14)13(17)15-11-4-6-12(18-3)7-5-11/h4-7H,8-10H2,1-3H3,(H,15,17). The predicted octanol–water partition coefficient (Wildman–Crippen LogP) is 1.35. The lowest BCUT2D eigenvalue weighted by Crippen LogP contribution is -2.55. The Morgan fingerprint density at radius 2 is 2.11 bits per heavy atom. The second kappa shape index (κ2) is 5.59. The van der Waals surface area contributed by atoms with Crippen LogP contribution in [0.25, 0.3) is 0 Å². The molecule has 1 N–H and O–H groups in total. The zero-order valence-corrected chi connectivity index (χ0v) is 11.6. The largest absolute Gasteiger partial charge is 0.497 e. The Morgan fingerprint density at radius 1 is 1.42 bits per heavy atom. The highest BCUT2D eigenvalue weighted by Gasteiger charge is 2.38. The van der Waals surface area contributed by atoms with Gasteiger partial charge in [-0.15, -0.1) is 0 Å². The van der Waals surface area contributed by atoms with Crippen molar-refractivity contribution < 1.29 is 14.3 Å². The van der Waals surface area contributed by atoms with Crippen LogP contribution in [0.4, 0.5) is 5.69 Å². The number of ether oxygens (including phenoxy) is 2. The van der Waals surface area contributed by atoms with Gasteiger partial charge in [-0.2, -0.15) is 0 Å². The van der Waals surface area contributed by atoms with Crippen LogP contribution in [0.3, 0.4) is 0 Å². The number of methoxy groups -OCH3 is 1. The molecule has 5 nitrogen and oxygen atoms in total. The maximum atomic E-state index is 12.3. The molecule has 0 radical (unpaired) electrons. The molecule has 1 aliphatic rings. The average molecular weight is 264 g/mol. The minimum atomic E-state index is -0.799. The molecule has 0 spiro atoms. The minimum absolute atomic E-state index is 0.121. The van der Waals surface area contributed by atoms with Crippen LogP contribution in [0, 0.1) is 0 Å². The van der Waals surface area contributed by atoms with Gasteiger partial charge in [0.2, 0.25) is 0 Å². The van der Waals surface area contributed by atoms with E-state index in [1.54, 1.807) is 7.11 Å². The first-order valence-electron chi connectivity index (χ1n) is 6.31. The average Bonchev–Trinajstić information content (AvgIpc) is 2.39. The lowest BCUT2D eigenvalue weighted by molar-refractivity contribution is -0.149. The third kappa shape index (κ3) is 3.24. The topological polar surface area (TPSA) is 50.8 Å². The molecule has 1 atom stereocenters. The van der Waals surface area contributed by atoms with Gasteiger partial charge in [-0.25, -0.2) is 0 Å². The first kappa shape index (κ1) is 13.8. The van der Waals surface area contributed by atoms with Gasteiger partial charge in [-0.05, 0) is 38.2 Å². The van der Waals surface area contributed by atoms with E-state index in [0.29, 0.717) is 13.2 Å². The van der Waals surface area contributed by atoms with E-state index in [1.807, 2.05) is 38.2 Å². The summed E-state index contributed by atoms with van der Waals surface area (Å²) in [5, 5.41) is 2.88. The second-order valence-corrected chi connectivity index (χ2v) is 5.00. The number of benzene rings is 1. The van der Waals surface area contributed by atoms with Gasteiger partial charge >= 0.3 is 0 Å². The molecule has 19 heavy (non-hydrogen) atoms. The molecule has 1 amide bonds. The van der Waals surface area contributed by atoms with Gasteiger partial charge in [0, 0.05) is 18.8 Å². The molecule has 1 aliphatic heterocycles. The number of hydrogen-bond acceptors (Lipinski definition) is 4. The van der Waals surface area contributed by atoms with E-state index in [9.17, 15) is 4.79 Å². The van der Waals surface area contributed by atoms with Crippen molar-refractivity contribution in [1.29, 1.82) is 0 Å². The van der Waals surface area contributed by atoms with Gasteiger partial charge in [0.1, 0.15) is 5.75 Å². The quantitative estimate of drug-likeness (QED) is 0.895. The van der Waals surface area contributed by atoms with Gasteiger partial charge in [0.15, 0.2) is 5.60 Å². The van der Waals surface area contributed by atoms with E-state index in [1.165, 1.54) is 0 Å². The minimum Gasteiger partial charge on any atom is -0.497 e. The second-order valence-electron chi connectivity index (χ2n) is 5.00. The van der Waals surface area contributed by atoms with Crippen molar-refractivity contribution in [2.45, 2.75) is 12.5 Å². The Hall–Kier alpha value is -1.59. The first-order chi connectivity index (χ1) is 9.03. The lowest BCUT2D eigenvalue weighted by atomic mass is 10.0. The Morgan fingerprint density at radius 3 is 2.68 bits per heavy atom. The molecule has 2 rings (SSSR count). The Bertz CT molecular complexity index is 447. The maximum Gasteiger partial charge on any atom is 0.257 e. The molecule has 0 bridgehead atoms. The summed E-state index contributed by atoms with van der Waals surface area (Å²) in [5.41, 5.74) is -0.0590. The molecule has 1 saturated heterocycles. The van der Waals surface area contributed by atoms with Crippen molar-refractivity contribution in [3.05, 3.63) is 24.3 Å². The van der Waals surface area contributed by atoms with E-state index in [2.05, 4.69) is 10.2 Å². The van der Waals surface area contributed by atoms with Crippen LogP contribution in [0.5, 0.6) is 5.75 Å². The first-order valence-corrected chi connectivity index (χ1v) is 6.31. The third-order valence-corrected chi connectivity index (χ3v) is 3.29. The number of hydrogen-bond donors (Lipinski definition) is 1. The van der Waals surface area contributed by atoms with Crippen molar-refractivity contribution in [1.82, 2.24) is 4.90 Å². The number of carbonyl (C=O) groups excluding carboxylic acids is 1. The van der Waals surface area contributed by atoms with Gasteiger partial charge in [-0.3, -0.25) is 4.79 Å². The highest BCUT2D eigenvalue weighted by molar-refractivity contribution is 5.97. The fourth-order valence-electron chi connectivity index (χ4n) is 2.14. The zero-order valence-electron chi connectivity index (χ0n) is 11.6. The SMILES string of the molecule is COc1ccc(NC(=O)C2(C)CN(C)CCO2)cc1. The fraction of sp³-hybridized carbons (Fsp3) is 0.500. The molecule has 1 aromatic rings. The summed E-state index contributed by atoms with van der Waals surface area (Å²) in [6.45, 7) is 3.84. The smallest absolute Gasteiger partial charge is 0.257 e. The van der Waals surface area contributed by atoms with Crippen molar-refractivity contribution >= 4 is 11.6 Å². The molecule has 0 aromatic heterocycles. The Balaban J connectivity index is 2.03. The number of nitrogens with one attached hydrogen (secondary N) is 1. The predicted molar refractivity (Wildman–Crippen MR) is 73.5 cm³/mol. The van der Waals surface area contributed by atoms with Crippen molar-refractivity contribution in [3.8, 4) is 5.75 Å². The summed E-state index contributed by atoms with van der Waals surface area (Å²) in [4.78, 5) is 14.4. The number of likely N-dealkylation sites (N-methyl/N-ethyl adjacent to an activating group) is 1. The van der Waals surface area contributed by atoms with Crippen LogP contribution in [0.15, 0.2) is 24.3 Å². The summed E-state index contributed by atoms with van der Waals surface area (Å²) in [5.74, 6) is 0.641. The van der Waals surface area contributed by atoms with E-state index in [0.717, 1.165) is 18.0 Å². The molecule has 1 unspecified atom stereocenters. The molecular formula is C14H20N2O3. The van der Waals surface area contributed by atoms with Gasteiger partial charge < -0.3 is 19.7 Å². The summed E-state index contributed by atoms with van der Waals surface area (Å²) < 4.78 is 10.7. The number of carbonyl (C=O) groups is 1. The third-order valence-electron chi connectivity index (χ3n) is 3.29. The van der Waals surface area contributed by atoms with Crippen LogP contribution < -0.4 is 10.1 Å². The molecule has 1 fully saturated rings. The molecular weight excluding hydrogens is 244 g/mol. The lowest BCUT2D eigenvalue weighted by Gasteiger charge is -2.37. The monoisotopic (exact) mass is 264 g/mol. The van der Waals surface area contributed by atoms with Crippen molar-refractivity contribution in [2.24, 2.45) is 0 Å². The van der Waals surface area contributed by atoms with E-state index < -0.39 is 5.60 Å². The molecule has 1 heterocycles. The summed E-state index contributed by atoms with van der Waals surface area (Å²) >= 11 is 0. The van der Waals surface area contributed by atoms with Crippen LogP contribution in [0.2, 0.25) is 0 Å². The van der Waals surface area contributed by atoms with Gasteiger partial charge in [0.05, 0.1) is 13.7 Å². The number of amides is 1. The van der Waals surface area contributed by atoms with E-state index >= 15 is 0 Å². The Kier molecular flexibility index (Phi) is 4.07. The van der Waals surface area contributed by atoms with Crippen molar-refractivity contribution in [2.75, 3.05) is 39.2 Å².